The molecule has 0 radical (unpaired) electrons. The Morgan fingerprint density at radius 3 is 2.10 bits per heavy atom. The third-order valence-electron chi connectivity index (χ3n) is 5.29. The topological polar surface area (TPSA) is 55.8 Å². The first kappa shape index (κ1) is 20.4. The summed E-state index contributed by atoms with van der Waals surface area (Å²) < 4.78 is 34.6. The van der Waals surface area contributed by atoms with Gasteiger partial charge in [0.15, 0.2) is 21.3 Å². The van der Waals surface area contributed by atoms with Crippen LogP contribution in [0.4, 0.5) is 0 Å². The van der Waals surface area contributed by atoms with Crippen LogP contribution < -0.4 is 9.47 Å². The molecule has 0 atom stereocenters. The molecular formula is C24H25NO4S. The monoisotopic (exact) mass is 423 g/mol. The highest BCUT2D eigenvalue weighted by Gasteiger charge is 2.18. The van der Waals surface area contributed by atoms with Gasteiger partial charge in [0.25, 0.3) is 0 Å². The molecule has 0 amide bonds. The van der Waals surface area contributed by atoms with E-state index in [0.29, 0.717) is 23.0 Å². The van der Waals surface area contributed by atoms with Crippen LogP contribution in [0.25, 0.3) is 0 Å². The second-order valence-corrected chi connectivity index (χ2v) is 9.62. The number of ether oxygens (including phenoxy) is 2. The molecular weight excluding hydrogens is 398 g/mol. The highest BCUT2D eigenvalue weighted by Crippen LogP contribution is 2.31. The van der Waals surface area contributed by atoms with Crippen LogP contribution in [0.5, 0.6) is 11.5 Å². The maximum Gasteiger partial charge on any atom is 0.175 e. The predicted molar refractivity (Wildman–Crippen MR) is 116 cm³/mol. The second kappa shape index (κ2) is 8.50. The van der Waals surface area contributed by atoms with Gasteiger partial charge in [-0.1, -0.05) is 42.5 Å². The molecule has 0 unspecified atom stereocenters. The summed E-state index contributed by atoms with van der Waals surface area (Å²) in [6.45, 7) is 3.10. The summed E-state index contributed by atoms with van der Waals surface area (Å²) in [4.78, 5) is 2.71. The number of methoxy groups -OCH3 is 1. The quantitative estimate of drug-likeness (QED) is 0.570. The zero-order valence-electron chi connectivity index (χ0n) is 17.2. The van der Waals surface area contributed by atoms with Crippen LogP contribution in [-0.4, -0.2) is 26.7 Å². The molecule has 1 aliphatic rings. The Hall–Kier alpha value is -2.83. The van der Waals surface area contributed by atoms with E-state index in [1.807, 2.05) is 12.1 Å². The van der Waals surface area contributed by atoms with Crippen molar-refractivity contribution in [1.29, 1.82) is 0 Å². The van der Waals surface area contributed by atoms with Crippen molar-refractivity contribution in [2.45, 2.75) is 31.1 Å². The van der Waals surface area contributed by atoms with Crippen molar-refractivity contribution in [2.75, 3.05) is 13.4 Å². The summed E-state index contributed by atoms with van der Waals surface area (Å²) in [6, 6.07) is 21.3. The van der Waals surface area contributed by atoms with Gasteiger partial charge >= 0.3 is 0 Å². The van der Waals surface area contributed by atoms with Crippen LogP contribution in [0.2, 0.25) is 0 Å². The molecule has 0 fully saturated rings. The number of nitrogens with zero attached hydrogens (tertiary/aromatic N) is 1. The van der Waals surface area contributed by atoms with Crippen molar-refractivity contribution >= 4 is 9.84 Å². The third kappa shape index (κ3) is 4.66. The number of benzene rings is 3. The third-order valence-corrected chi connectivity index (χ3v) is 6.41. The van der Waals surface area contributed by atoms with Gasteiger partial charge in [-0.3, -0.25) is 4.90 Å². The van der Waals surface area contributed by atoms with Crippen molar-refractivity contribution < 1.29 is 17.9 Å². The normalized spacial score (nSPS) is 13.8. The lowest BCUT2D eigenvalue weighted by Crippen LogP contribution is -2.15. The highest BCUT2D eigenvalue weighted by atomic mass is 32.2. The van der Waals surface area contributed by atoms with Gasteiger partial charge in [-0.05, 0) is 46.5 Å². The fourth-order valence-electron chi connectivity index (χ4n) is 3.70. The highest BCUT2D eigenvalue weighted by molar-refractivity contribution is 7.90. The van der Waals surface area contributed by atoms with Crippen LogP contribution >= 0.6 is 0 Å². The SMILES string of the molecule is COc1cc(CN2Cc3ccccc3C2)ccc1OCc1ccc(S(C)(=O)=O)cc1. The van der Waals surface area contributed by atoms with E-state index in [1.54, 1.807) is 31.4 Å². The van der Waals surface area contributed by atoms with Crippen molar-refractivity contribution in [2.24, 2.45) is 0 Å². The predicted octanol–water partition coefficient (Wildman–Crippen LogP) is 4.19. The molecule has 30 heavy (non-hydrogen) atoms. The maximum absolute atomic E-state index is 11.6. The maximum atomic E-state index is 11.6. The number of fused-ring (bicyclic) bond motifs is 1. The molecule has 0 N–H and O–H groups in total. The summed E-state index contributed by atoms with van der Waals surface area (Å²) in [5, 5.41) is 0. The minimum absolute atomic E-state index is 0.303. The Morgan fingerprint density at radius 1 is 0.867 bits per heavy atom. The van der Waals surface area contributed by atoms with Crippen LogP contribution in [-0.2, 0) is 36.1 Å². The Kier molecular flexibility index (Phi) is 5.79. The number of hydrogen-bond acceptors (Lipinski definition) is 5. The molecule has 0 saturated carbocycles. The summed E-state index contributed by atoms with van der Waals surface area (Å²) in [6.07, 6.45) is 1.20. The first-order valence-electron chi connectivity index (χ1n) is 9.80. The molecule has 0 saturated heterocycles. The van der Waals surface area contributed by atoms with Crippen molar-refractivity contribution in [1.82, 2.24) is 4.90 Å². The number of hydrogen-bond donors (Lipinski definition) is 0. The molecule has 3 aromatic rings. The fraction of sp³-hybridized carbons (Fsp3) is 0.250. The van der Waals surface area contributed by atoms with Gasteiger partial charge in [0, 0.05) is 25.9 Å². The lowest BCUT2D eigenvalue weighted by Gasteiger charge is -2.17. The van der Waals surface area contributed by atoms with Crippen molar-refractivity contribution in [3.8, 4) is 11.5 Å². The molecule has 1 aliphatic heterocycles. The summed E-state index contributed by atoms with van der Waals surface area (Å²) >= 11 is 0. The zero-order valence-corrected chi connectivity index (χ0v) is 18.0. The molecule has 0 spiro atoms. The molecule has 0 aromatic heterocycles. The Bertz CT molecular complexity index is 1120. The van der Waals surface area contributed by atoms with Gasteiger partial charge in [-0.15, -0.1) is 0 Å². The summed E-state index contributed by atoms with van der Waals surface area (Å²) in [5.41, 5.74) is 4.85. The smallest absolute Gasteiger partial charge is 0.175 e. The van der Waals surface area contributed by atoms with Crippen molar-refractivity contribution in [3.05, 3.63) is 89.0 Å². The molecule has 5 nitrogen and oxygen atoms in total. The lowest BCUT2D eigenvalue weighted by atomic mass is 10.1. The van der Waals surface area contributed by atoms with E-state index in [2.05, 4.69) is 35.2 Å². The molecule has 3 aromatic carbocycles. The molecule has 0 aliphatic carbocycles. The molecule has 156 valence electrons. The molecule has 4 rings (SSSR count). The van der Waals surface area contributed by atoms with E-state index in [1.165, 1.54) is 22.9 Å². The van der Waals surface area contributed by atoms with Gasteiger partial charge in [-0.25, -0.2) is 8.42 Å². The Balaban J connectivity index is 1.40. The van der Waals surface area contributed by atoms with E-state index in [4.69, 9.17) is 9.47 Å². The number of rotatable bonds is 7. The first-order valence-corrected chi connectivity index (χ1v) is 11.7. The zero-order chi connectivity index (χ0) is 21.1. The van der Waals surface area contributed by atoms with Gasteiger partial charge in [0.1, 0.15) is 6.61 Å². The van der Waals surface area contributed by atoms with Gasteiger partial charge in [-0.2, -0.15) is 0 Å². The van der Waals surface area contributed by atoms with E-state index in [-0.39, 0.29) is 0 Å². The molecule has 1 heterocycles. The van der Waals surface area contributed by atoms with Gasteiger partial charge in [0.05, 0.1) is 12.0 Å². The van der Waals surface area contributed by atoms with Crippen LogP contribution in [0.1, 0.15) is 22.3 Å². The minimum Gasteiger partial charge on any atom is -0.493 e. The van der Waals surface area contributed by atoms with Crippen LogP contribution in [0.15, 0.2) is 71.6 Å². The standard InChI is InChI=1S/C24H25NO4S/c1-28-24-13-19(14-25-15-20-5-3-4-6-21(20)16-25)9-12-23(24)29-17-18-7-10-22(11-8-18)30(2,26)27/h3-13H,14-17H2,1-2H3. The van der Waals surface area contributed by atoms with Gasteiger partial charge < -0.3 is 9.47 Å². The van der Waals surface area contributed by atoms with E-state index >= 15 is 0 Å². The lowest BCUT2D eigenvalue weighted by molar-refractivity contribution is 0.271. The summed E-state index contributed by atoms with van der Waals surface area (Å²) in [5.74, 6) is 1.36. The Morgan fingerprint density at radius 2 is 1.50 bits per heavy atom. The molecule has 0 bridgehead atoms. The minimum atomic E-state index is -3.19. The molecule has 6 heteroatoms. The fourth-order valence-corrected chi connectivity index (χ4v) is 4.33. The first-order chi connectivity index (χ1) is 14.4. The van der Waals surface area contributed by atoms with E-state index < -0.39 is 9.84 Å². The van der Waals surface area contributed by atoms with Crippen LogP contribution in [0.3, 0.4) is 0 Å². The average molecular weight is 424 g/mol. The van der Waals surface area contributed by atoms with E-state index in [0.717, 1.165) is 25.2 Å². The largest absolute Gasteiger partial charge is 0.493 e. The number of sulfone groups is 1. The second-order valence-electron chi connectivity index (χ2n) is 7.60. The van der Waals surface area contributed by atoms with Gasteiger partial charge in [0.2, 0.25) is 0 Å². The van der Waals surface area contributed by atoms with E-state index in [9.17, 15) is 8.42 Å². The van der Waals surface area contributed by atoms with Crippen molar-refractivity contribution in [3.63, 3.8) is 0 Å². The summed E-state index contributed by atoms with van der Waals surface area (Å²) in [7, 11) is -1.56. The average Bonchev–Trinajstić information content (AvgIpc) is 3.14. The van der Waals surface area contributed by atoms with Crippen LogP contribution in [0, 0.1) is 0 Å². The Labute approximate surface area is 177 Å².